The summed E-state index contributed by atoms with van der Waals surface area (Å²) in [5.74, 6) is -0.653. The second kappa shape index (κ2) is 6.29. The number of aliphatic carboxylic acids is 1. The van der Waals surface area contributed by atoms with Gasteiger partial charge in [0.2, 0.25) is 5.91 Å². The molecule has 1 aromatic rings. The maximum atomic E-state index is 12.3. The molecule has 0 bridgehead atoms. The molecule has 0 spiro atoms. The standard InChI is InChI=1S/C17H23NO3/c1-12(2)14(13-7-4-3-5-8-13)11-15(19)18-17(16(20)21)9-6-10-17/h3-5,7-8,12,14H,6,9-11H2,1-2H3,(H,18,19)(H,20,21). The Morgan fingerprint density at radius 2 is 1.86 bits per heavy atom. The van der Waals surface area contributed by atoms with E-state index in [1.54, 1.807) is 0 Å². The van der Waals surface area contributed by atoms with E-state index < -0.39 is 11.5 Å². The van der Waals surface area contributed by atoms with Crippen LogP contribution in [0.4, 0.5) is 0 Å². The van der Waals surface area contributed by atoms with E-state index in [1.807, 2.05) is 30.3 Å². The van der Waals surface area contributed by atoms with Gasteiger partial charge in [0.1, 0.15) is 5.54 Å². The molecule has 1 fully saturated rings. The predicted octanol–water partition coefficient (Wildman–Crippen LogP) is 2.94. The smallest absolute Gasteiger partial charge is 0.329 e. The maximum absolute atomic E-state index is 12.3. The molecule has 4 nitrogen and oxygen atoms in total. The molecule has 0 radical (unpaired) electrons. The summed E-state index contributed by atoms with van der Waals surface area (Å²) in [7, 11) is 0. The Morgan fingerprint density at radius 3 is 2.29 bits per heavy atom. The van der Waals surface area contributed by atoms with E-state index >= 15 is 0 Å². The fraction of sp³-hybridized carbons (Fsp3) is 0.529. The lowest BCUT2D eigenvalue weighted by atomic mass is 9.76. The highest BCUT2D eigenvalue weighted by Gasteiger charge is 2.45. The number of benzene rings is 1. The summed E-state index contributed by atoms with van der Waals surface area (Å²) in [6.07, 6.45) is 2.26. The van der Waals surface area contributed by atoms with E-state index in [2.05, 4.69) is 19.2 Å². The lowest BCUT2D eigenvalue weighted by Crippen LogP contribution is -2.59. The van der Waals surface area contributed by atoms with Crippen molar-refractivity contribution in [2.24, 2.45) is 5.92 Å². The van der Waals surface area contributed by atoms with Gasteiger partial charge in [0.05, 0.1) is 0 Å². The van der Waals surface area contributed by atoms with Crippen LogP contribution in [-0.2, 0) is 9.59 Å². The van der Waals surface area contributed by atoms with Crippen molar-refractivity contribution in [1.29, 1.82) is 0 Å². The minimum absolute atomic E-state index is 0.108. The van der Waals surface area contributed by atoms with Crippen LogP contribution >= 0.6 is 0 Å². The molecule has 114 valence electrons. The van der Waals surface area contributed by atoms with Gasteiger partial charge in [-0.15, -0.1) is 0 Å². The number of rotatable bonds is 6. The molecule has 1 atom stereocenters. The largest absolute Gasteiger partial charge is 0.480 e. The fourth-order valence-electron chi connectivity index (χ4n) is 2.88. The van der Waals surface area contributed by atoms with Gasteiger partial charge < -0.3 is 10.4 Å². The van der Waals surface area contributed by atoms with Crippen LogP contribution in [0.15, 0.2) is 30.3 Å². The molecule has 1 aliphatic rings. The van der Waals surface area contributed by atoms with Gasteiger partial charge in [-0.3, -0.25) is 4.79 Å². The molecule has 1 aromatic carbocycles. The first-order chi connectivity index (χ1) is 9.94. The van der Waals surface area contributed by atoms with Crippen LogP contribution in [0, 0.1) is 5.92 Å². The summed E-state index contributed by atoms with van der Waals surface area (Å²) in [6.45, 7) is 4.17. The maximum Gasteiger partial charge on any atom is 0.329 e. The number of hydrogen-bond donors (Lipinski definition) is 2. The summed E-state index contributed by atoms with van der Waals surface area (Å²) in [5.41, 5.74) is 0.107. The molecule has 0 saturated heterocycles. The topological polar surface area (TPSA) is 66.4 Å². The molecule has 0 aromatic heterocycles. The number of carbonyl (C=O) groups is 2. The zero-order chi connectivity index (χ0) is 15.5. The summed E-state index contributed by atoms with van der Waals surface area (Å²) in [4.78, 5) is 23.6. The zero-order valence-electron chi connectivity index (χ0n) is 12.6. The third-order valence-electron chi connectivity index (χ3n) is 4.43. The third kappa shape index (κ3) is 3.43. The number of carbonyl (C=O) groups excluding carboxylic acids is 1. The van der Waals surface area contributed by atoms with Gasteiger partial charge in [-0.2, -0.15) is 0 Å². The molecule has 2 N–H and O–H groups in total. The molecule has 1 unspecified atom stereocenters. The van der Waals surface area contributed by atoms with Crippen molar-refractivity contribution in [3.8, 4) is 0 Å². The number of nitrogens with one attached hydrogen (secondary N) is 1. The minimum Gasteiger partial charge on any atom is -0.480 e. The monoisotopic (exact) mass is 289 g/mol. The molecule has 0 aliphatic heterocycles. The summed E-state index contributed by atoms with van der Waals surface area (Å²) < 4.78 is 0. The average Bonchev–Trinajstić information content (AvgIpc) is 2.40. The molecule has 21 heavy (non-hydrogen) atoms. The fourth-order valence-corrected chi connectivity index (χ4v) is 2.88. The Kier molecular flexibility index (Phi) is 4.66. The summed E-state index contributed by atoms with van der Waals surface area (Å²) in [6, 6.07) is 9.93. The van der Waals surface area contributed by atoms with Crippen LogP contribution in [0.3, 0.4) is 0 Å². The van der Waals surface area contributed by atoms with Crippen molar-refractivity contribution in [3.63, 3.8) is 0 Å². The van der Waals surface area contributed by atoms with Gasteiger partial charge in [0, 0.05) is 6.42 Å². The second-order valence-electron chi connectivity index (χ2n) is 6.25. The van der Waals surface area contributed by atoms with Crippen molar-refractivity contribution < 1.29 is 14.7 Å². The Bertz CT molecular complexity index is 506. The molecule has 4 heteroatoms. The first-order valence-corrected chi connectivity index (χ1v) is 7.54. The lowest BCUT2D eigenvalue weighted by molar-refractivity contribution is -0.151. The number of hydrogen-bond acceptors (Lipinski definition) is 2. The lowest BCUT2D eigenvalue weighted by Gasteiger charge is -2.38. The summed E-state index contributed by atoms with van der Waals surface area (Å²) in [5, 5.41) is 12.0. The highest BCUT2D eigenvalue weighted by molar-refractivity contribution is 5.88. The van der Waals surface area contributed by atoms with Crippen molar-refractivity contribution in [2.75, 3.05) is 0 Å². The van der Waals surface area contributed by atoms with Gasteiger partial charge in [0.15, 0.2) is 0 Å². The van der Waals surface area contributed by atoms with E-state index in [4.69, 9.17) is 0 Å². The molecule has 1 saturated carbocycles. The normalized spacial score (nSPS) is 17.9. The molecule has 1 aliphatic carbocycles. The first-order valence-electron chi connectivity index (χ1n) is 7.54. The first kappa shape index (κ1) is 15.5. The quantitative estimate of drug-likeness (QED) is 0.846. The molecule has 0 heterocycles. The van der Waals surface area contributed by atoms with Crippen LogP contribution in [0.5, 0.6) is 0 Å². The van der Waals surface area contributed by atoms with Gasteiger partial charge in [-0.25, -0.2) is 4.79 Å². The van der Waals surface area contributed by atoms with Crippen LogP contribution in [0.25, 0.3) is 0 Å². The second-order valence-corrected chi connectivity index (χ2v) is 6.25. The van der Waals surface area contributed by atoms with Gasteiger partial charge >= 0.3 is 5.97 Å². The van der Waals surface area contributed by atoms with Crippen molar-refractivity contribution in [2.45, 2.75) is 51.0 Å². The molecule has 2 rings (SSSR count). The highest BCUT2D eigenvalue weighted by atomic mass is 16.4. The molecule has 1 amide bonds. The van der Waals surface area contributed by atoms with Crippen molar-refractivity contribution in [3.05, 3.63) is 35.9 Å². The number of amides is 1. The Labute approximate surface area is 125 Å². The van der Waals surface area contributed by atoms with Crippen molar-refractivity contribution >= 4 is 11.9 Å². The van der Waals surface area contributed by atoms with E-state index in [9.17, 15) is 14.7 Å². The zero-order valence-corrected chi connectivity index (χ0v) is 12.6. The number of carboxylic acid groups (broad SMARTS) is 1. The van der Waals surface area contributed by atoms with Gasteiger partial charge in [0.25, 0.3) is 0 Å². The van der Waals surface area contributed by atoms with Crippen LogP contribution in [-0.4, -0.2) is 22.5 Å². The van der Waals surface area contributed by atoms with E-state index in [0.717, 1.165) is 12.0 Å². The van der Waals surface area contributed by atoms with Crippen molar-refractivity contribution in [1.82, 2.24) is 5.32 Å². The van der Waals surface area contributed by atoms with Gasteiger partial charge in [-0.05, 0) is 36.7 Å². The third-order valence-corrected chi connectivity index (χ3v) is 4.43. The number of carboxylic acids is 1. The van der Waals surface area contributed by atoms with Crippen LogP contribution < -0.4 is 5.32 Å². The van der Waals surface area contributed by atoms with E-state index in [-0.39, 0.29) is 11.8 Å². The Balaban J connectivity index is 2.04. The Hall–Kier alpha value is -1.84. The summed E-state index contributed by atoms with van der Waals surface area (Å²) >= 11 is 0. The van der Waals surface area contributed by atoms with E-state index in [0.29, 0.717) is 25.2 Å². The van der Waals surface area contributed by atoms with Crippen LogP contribution in [0.2, 0.25) is 0 Å². The average molecular weight is 289 g/mol. The van der Waals surface area contributed by atoms with E-state index in [1.165, 1.54) is 0 Å². The van der Waals surface area contributed by atoms with Gasteiger partial charge in [-0.1, -0.05) is 44.2 Å². The molecular weight excluding hydrogens is 266 g/mol. The highest BCUT2D eigenvalue weighted by Crippen LogP contribution is 2.33. The SMILES string of the molecule is CC(C)C(CC(=O)NC1(C(=O)O)CCC1)c1ccccc1. The molecular formula is C17H23NO3. The minimum atomic E-state index is -1.02. The predicted molar refractivity (Wildman–Crippen MR) is 81.0 cm³/mol. The van der Waals surface area contributed by atoms with Crippen LogP contribution in [0.1, 0.15) is 51.0 Å². The Morgan fingerprint density at radius 1 is 1.24 bits per heavy atom.